The Kier molecular flexibility index (Phi) is 22.6. The molecule has 1 aromatic heterocycles. The smallest absolute Gasteiger partial charge is 0.294 e. The van der Waals surface area contributed by atoms with Gasteiger partial charge in [0.05, 0.1) is 38.0 Å². The number of benzene rings is 2. The van der Waals surface area contributed by atoms with E-state index in [0.29, 0.717) is 28.3 Å². The van der Waals surface area contributed by atoms with Crippen molar-refractivity contribution >= 4 is 43.6 Å². The van der Waals surface area contributed by atoms with Gasteiger partial charge in [-0.25, -0.2) is 4.68 Å². The average molecular weight is 848 g/mol. The van der Waals surface area contributed by atoms with E-state index in [4.69, 9.17) is 9.11 Å². The summed E-state index contributed by atoms with van der Waals surface area (Å²) in [5, 5.41) is 8.17. The molecule has 58 heavy (non-hydrogen) atoms. The number of aromatic nitrogens is 2. The van der Waals surface area contributed by atoms with E-state index in [1.165, 1.54) is 118 Å². The van der Waals surface area contributed by atoms with E-state index in [1.807, 2.05) is 0 Å². The number of aryl methyl sites for hydroxylation is 1. The summed E-state index contributed by atoms with van der Waals surface area (Å²) in [7, 11) is -8.74. The number of hydrazone groups is 1. The summed E-state index contributed by atoms with van der Waals surface area (Å²) in [5.74, 6) is -0.469. The van der Waals surface area contributed by atoms with Gasteiger partial charge in [-0.15, -0.1) is 0 Å². The number of allylic oxidation sites excluding steroid dienone is 2. The topological polar surface area (TPSA) is 189 Å². The van der Waals surface area contributed by atoms with E-state index in [-0.39, 0.29) is 15.4 Å². The van der Waals surface area contributed by atoms with Crippen LogP contribution in [0.5, 0.6) is 0 Å². The molecule has 3 N–H and O–H groups in total. The lowest BCUT2D eigenvalue weighted by molar-refractivity contribution is -0.114. The van der Waals surface area contributed by atoms with Crippen molar-refractivity contribution < 1.29 is 30.7 Å². The minimum Gasteiger partial charge on any atom is -0.304 e. The lowest BCUT2D eigenvalue weighted by atomic mass is 10.1. The summed E-state index contributed by atoms with van der Waals surface area (Å²) in [6.45, 7) is 33.7. The maximum atomic E-state index is 12.9. The van der Waals surface area contributed by atoms with Gasteiger partial charge in [-0.1, -0.05) is 68.4 Å². The Bertz CT molecular complexity index is 2030. The van der Waals surface area contributed by atoms with Crippen LogP contribution in [0.2, 0.25) is 0 Å². The quantitative estimate of drug-likeness (QED) is 0.114. The summed E-state index contributed by atoms with van der Waals surface area (Å²) in [5.41, 5.74) is 1.70. The molecule has 17 heteroatoms. The lowest BCUT2D eigenvalue weighted by Gasteiger charge is -2.13. The Balaban J connectivity index is 0.000000655. The molecule has 0 fully saturated rings. The number of anilines is 1. The van der Waals surface area contributed by atoms with Crippen LogP contribution in [0, 0.1) is 6.92 Å². The molecule has 2 heterocycles. The Morgan fingerprint density at radius 3 is 1.31 bits per heavy atom. The van der Waals surface area contributed by atoms with E-state index < -0.39 is 31.7 Å². The van der Waals surface area contributed by atoms with Gasteiger partial charge in [0, 0.05) is 5.69 Å². The highest BCUT2D eigenvalue weighted by atomic mass is 32.2. The van der Waals surface area contributed by atoms with Gasteiger partial charge in [-0.05, 0) is 133 Å². The number of carbonyl (C=O) groups excluding carboxylic acids is 1. The molecular weight excluding hydrogens is 783 g/mol. The Labute approximate surface area is 346 Å². The number of H-pyrrole nitrogens is 1. The maximum Gasteiger partial charge on any atom is 0.294 e. The molecule has 0 unspecified atom stereocenters. The number of nitrogens with zero attached hydrogens (tertiary/aromatic N) is 6. The van der Waals surface area contributed by atoms with Gasteiger partial charge in [0.2, 0.25) is 0 Å². The van der Waals surface area contributed by atoms with Gasteiger partial charge in [-0.2, -0.15) is 26.9 Å². The molecule has 1 aliphatic heterocycles. The molecule has 0 bridgehead atoms. The van der Waals surface area contributed by atoms with Crippen molar-refractivity contribution in [2.45, 2.75) is 86.0 Å². The highest BCUT2D eigenvalue weighted by Gasteiger charge is 2.28. The van der Waals surface area contributed by atoms with Crippen molar-refractivity contribution in [2.75, 3.05) is 63.9 Å². The Morgan fingerprint density at radius 2 is 0.983 bits per heavy atom. The van der Waals surface area contributed by atoms with Crippen molar-refractivity contribution in [3.05, 3.63) is 87.9 Å². The number of hydrogen-bond acceptors (Lipinski definition) is 10. The maximum absolute atomic E-state index is 12.9. The van der Waals surface area contributed by atoms with Crippen molar-refractivity contribution in [3.8, 4) is 5.69 Å². The average Bonchev–Trinajstić information content (AvgIpc) is 3.65. The fraction of sp³-hybridized carbons (Fsp3) is 0.488. The van der Waals surface area contributed by atoms with Gasteiger partial charge in [-0.3, -0.25) is 23.8 Å². The largest absolute Gasteiger partial charge is 0.304 e. The van der Waals surface area contributed by atoms with Crippen molar-refractivity contribution in [1.29, 1.82) is 0 Å². The van der Waals surface area contributed by atoms with Crippen molar-refractivity contribution in [3.63, 3.8) is 0 Å². The number of amides is 1. The van der Waals surface area contributed by atoms with Crippen LogP contribution in [0.1, 0.15) is 80.5 Å². The third kappa shape index (κ3) is 15.8. The van der Waals surface area contributed by atoms with Crippen LogP contribution in [-0.4, -0.2) is 121 Å². The number of rotatable bonds is 15. The Morgan fingerprint density at radius 1 is 0.621 bits per heavy atom. The summed E-state index contributed by atoms with van der Waals surface area (Å²) >= 11 is 0. The Hall–Kier alpha value is -4.23. The molecule has 15 nitrogen and oxygen atoms in total. The summed E-state index contributed by atoms with van der Waals surface area (Å²) < 4.78 is 64.3. The van der Waals surface area contributed by atoms with E-state index in [0.717, 1.165) is 17.1 Å². The molecule has 3 aromatic rings. The molecule has 0 saturated heterocycles. The van der Waals surface area contributed by atoms with Crippen LogP contribution >= 0.6 is 0 Å². The van der Waals surface area contributed by atoms with Crippen molar-refractivity contribution in [1.82, 2.24) is 24.5 Å². The van der Waals surface area contributed by atoms with Gasteiger partial charge >= 0.3 is 0 Å². The standard InChI is InChI=1S/C23H20N4O8S2.3C6H15N/c1-14-20(22(28)26(24-14)16-6-10-18(11-7-16)36(30,31)32)4-3-5-21-15(2)25-27(23(21)29)17-8-12-19(13-9-17)37(33,34)35;3*1-4-7(5-2)6-3/h3-13,24H,1-2H3,(H,30,31,32)(H,33,34,35);3*4-6H2,1-3H3. The fourth-order valence-electron chi connectivity index (χ4n) is 5.60. The molecule has 4 rings (SSSR count). The van der Waals surface area contributed by atoms with Gasteiger partial charge in [0.1, 0.15) is 0 Å². The molecule has 1 aliphatic rings. The van der Waals surface area contributed by atoms with Gasteiger partial charge in [0.15, 0.2) is 0 Å². The molecule has 1 amide bonds. The summed E-state index contributed by atoms with van der Waals surface area (Å²) in [6, 6.07) is 10.1. The first-order valence-corrected chi connectivity index (χ1v) is 22.6. The number of aromatic amines is 1. The highest BCUT2D eigenvalue weighted by molar-refractivity contribution is 7.86. The normalized spacial score (nSPS) is 13.7. The zero-order chi connectivity index (χ0) is 44.2. The minimum atomic E-state index is -4.37. The molecule has 2 aromatic carbocycles. The molecule has 324 valence electrons. The third-order valence-electron chi connectivity index (χ3n) is 9.50. The van der Waals surface area contributed by atoms with Gasteiger partial charge < -0.3 is 14.7 Å². The second-order valence-corrected chi connectivity index (χ2v) is 15.7. The molecule has 0 atom stereocenters. The fourth-order valence-corrected chi connectivity index (χ4v) is 6.56. The summed E-state index contributed by atoms with van der Waals surface area (Å²) in [4.78, 5) is 32.3. The number of carbonyl (C=O) groups is 1. The van der Waals surface area contributed by atoms with Crippen LogP contribution in [0.4, 0.5) is 5.69 Å². The van der Waals surface area contributed by atoms with E-state index in [2.05, 4.69) is 87.2 Å². The van der Waals surface area contributed by atoms with Crippen LogP contribution in [0.25, 0.3) is 11.8 Å². The van der Waals surface area contributed by atoms with E-state index in [9.17, 15) is 26.4 Å². The monoisotopic (exact) mass is 847 g/mol. The SMILES string of the molecule is CC1=NN(c2ccc(S(=O)(=O)O)cc2)C(=O)C1=CC=Cc1c(C)[nH]n(-c2ccc(S(=O)(=O)O)cc2)c1=O.CCN(CC)CC.CCN(CC)CC.CCN(CC)CC. The molecular formula is C41H65N7O8S2. The lowest BCUT2D eigenvalue weighted by Crippen LogP contribution is -2.21. The van der Waals surface area contributed by atoms with Crippen LogP contribution in [-0.2, 0) is 25.0 Å². The van der Waals surface area contributed by atoms with E-state index >= 15 is 0 Å². The first-order valence-electron chi connectivity index (χ1n) is 19.7. The van der Waals surface area contributed by atoms with Crippen LogP contribution < -0.4 is 10.6 Å². The number of nitrogens with one attached hydrogen (secondary N) is 1. The molecule has 0 radical (unpaired) electrons. The predicted molar refractivity (Wildman–Crippen MR) is 235 cm³/mol. The second kappa shape index (κ2) is 25.3. The predicted octanol–water partition coefficient (Wildman–Crippen LogP) is 6.37. The first kappa shape index (κ1) is 51.8. The molecule has 0 spiro atoms. The molecule has 0 saturated carbocycles. The van der Waals surface area contributed by atoms with Crippen LogP contribution in [0.3, 0.4) is 0 Å². The third-order valence-corrected chi connectivity index (χ3v) is 11.2. The first-order chi connectivity index (χ1) is 27.3. The highest BCUT2D eigenvalue weighted by Crippen LogP contribution is 2.25. The van der Waals surface area contributed by atoms with Crippen molar-refractivity contribution in [2.24, 2.45) is 5.10 Å². The second-order valence-electron chi connectivity index (χ2n) is 12.8. The van der Waals surface area contributed by atoms with E-state index in [1.54, 1.807) is 13.8 Å². The number of hydrogen-bond donors (Lipinski definition) is 3. The van der Waals surface area contributed by atoms with Gasteiger partial charge in [0.25, 0.3) is 31.7 Å². The zero-order valence-corrected chi connectivity index (χ0v) is 37.7. The van der Waals surface area contributed by atoms with Crippen LogP contribution in [0.15, 0.2) is 85.9 Å². The molecule has 0 aliphatic carbocycles. The summed E-state index contributed by atoms with van der Waals surface area (Å²) in [6.07, 6.45) is 4.51. The minimum absolute atomic E-state index is 0.254. The zero-order valence-electron chi connectivity index (χ0n) is 36.1.